The molecule has 2 aromatic rings. The Bertz CT molecular complexity index is 713. The summed E-state index contributed by atoms with van der Waals surface area (Å²) in [7, 11) is 1.51. The zero-order valence-electron chi connectivity index (χ0n) is 13.9. The highest BCUT2D eigenvalue weighted by atomic mass is 19.1. The number of methoxy groups -OCH3 is 1. The molecule has 1 saturated heterocycles. The van der Waals surface area contributed by atoms with Crippen LogP contribution < -0.4 is 4.74 Å². The monoisotopic (exact) mass is 335 g/mol. The molecule has 2 unspecified atom stereocenters. The first-order valence-corrected chi connectivity index (χ1v) is 8.06. The highest BCUT2D eigenvalue weighted by Gasteiger charge is 2.25. The van der Waals surface area contributed by atoms with Crippen molar-refractivity contribution in [3.63, 3.8) is 0 Å². The van der Waals surface area contributed by atoms with Crippen molar-refractivity contribution in [2.75, 3.05) is 40.0 Å². The molecule has 1 aliphatic heterocycles. The zero-order chi connectivity index (χ0) is 17.1. The van der Waals surface area contributed by atoms with E-state index in [1.165, 1.54) is 13.3 Å². The fraction of sp³-hybridized carbons (Fsp3) is 0.529. The predicted octanol–water partition coefficient (Wildman–Crippen LogP) is 1.57. The number of hydrogen-bond acceptors (Lipinski definition) is 6. The number of aliphatic hydroxyl groups excluding tert-OH is 1. The second-order valence-corrected chi connectivity index (χ2v) is 6.06. The largest absolute Gasteiger partial charge is 0.481 e. The minimum Gasteiger partial charge on any atom is -0.481 e. The van der Waals surface area contributed by atoms with Gasteiger partial charge in [-0.1, -0.05) is 0 Å². The molecule has 3 rings (SSSR count). The average Bonchev–Trinajstić information content (AvgIpc) is 2.59. The lowest BCUT2D eigenvalue weighted by Crippen LogP contribution is -2.43. The molecule has 130 valence electrons. The number of ether oxygens (including phenoxy) is 2. The minimum absolute atomic E-state index is 0.135. The van der Waals surface area contributed by atoms with Crippen LogP contribution in [0.2, 0.25) is 0 Å². The van der Waals surface area contributed by atoms with Crippen molar-refractivity contribution in [1.82, 2.24) is 14.9 Å². The Balaban J connectivity index is 1.96. The molecule has 24 heavy (non-hydrogen) atoms. The Hall–Kier alpha value is -1.83. The van der Waals surface area contributed by atoms with Gasteiger partial charge in [0, 0.05) is 37.2 Å². The molecule has 0 amide bonds. The lowest BCUT2D eigenvalue weighted by Gasteiger charge is -2.33. The fourth-order valence-corrected chi connectivity index (χ4v) is 3.16. The average molecular weight is 335 g/mol. The SMILES string of the molecule is COc1ccc2ncc(F)c(C(CO)CN3CCOC(C)C3)c2n1. The summed E-state index contributed by atoms with van der Waals surface area (Å²) in [6.45, 7) is 4.56. The summed E-state index contributed by atoms with van der Waals surface area (Å²) in [5, 5.41) is 9.88. The zero-order valence-corrected chi connectivity index (χ0v) is 13.9. The Morgan fingerprint density at radius 3 is 3.04 bits per heavy atom. The van der Waals surface area contributed by atoms with E-state index >= 15 is 0 Å². The summed E-state index contributed by atoms with van der Waals surface area (Å²) in [5.41, 5.74) is 1.41. The van der Waals surface area contributed by atoms with Crippen molar-refractivity contribution in [2.24, 2.45) is 0 Å². The van der Waals surface area contributed by atoms with E-state index in [1.54, 1.807) is 12.1 Å². The first-order valence-electron chi connectivity index (χ1n) is 8.06. The number of morpholine rings is 1. The lowest BCUT2D eigenvalue weighted by atomic mass is 9.97. The van der Waals surface area contributed by atoms with E-state index < -0.39 is 5.82 Å². The molecule has 1 aliphatic rings. The molecule has 2 aromatic heterocycles. The van der Waals surface area contributed by atoms with Crippen molar-refractivity contribution in [3.05, 3.63) is 29.7 Å². The predicted molar refractivity (Wildman–Crippen MR) is 87.7 cm³/mol. The number of rotatable bonds is 5. The van der Waals surface area contributed by atoms with Gasteiger partial charge < -0.3 is 14.6 Å². The summed E-state index contributed by atoms with van der Waals surface area (Å²) in [6, 6.07) is 3.43. The molecule has 0 aliphatic carbocycles. The van der Waals surface area contributed by atoms with Gasteiger partial charge in [0.05, 0.1) is 43.7 Å². The minimum atomic E-state index is -0.455. The molecule has 0 aromatic carbocycles. The van der Waals surface area contributed by atoms with Gasteiger partial charge in [0.15, 0.2) is 0 Å². The number of halogens is 1. The Morgan fingerprint density at radius 2 is 2.33 bits per heavy atom. The van der Waals surface area contributed by atoms with Crippen LogP contribution in [0, 0.1) is 5.82 Å². The third-order valence-electron chi connectivity index (χ3n) is 4.32. The van der Waals surface area contributed by atoms with E-state index in [4.69, 9.17) is 9.47 Å². The van der Waals surface area contributed by atoms with Crippen molar-refractivity contribution in [2.45, 2.75) is 18.9 Å². The van der Waals surface area contributed by atoms with Crippen LogP contribution in [-0.2, 0) is 4.74 Å². The van der Waals surface area contributed by atoms with Crippen molar-refractivity contribution in [1.29, 1.82) is 0 Å². The van der Waals surface area contributed by atoms with Gasteiger partial charge in [0.1, 0.15) is 5.82 Å². The van der Waals surface area contributed by atoms with E-state index in [2.05, 4.69) is 14.9 Å². The smallest absolute Gasteiger partial charge is 0.213 e. The number of aliphatic hydroxyl groups is 1. The van der Waals surface area contributed by atoms with Crippen molar-refractivity contribution < 1.29 is 19.0 Å². The topological polar surface area (TPSA) is 67.7 Å². The first kappa shape index (κ1) is 17.0. The number of nitrogens with zero attached hydrogens (tertiary/aromatic N) is 3. The molecule has 7 heteroatoms. The van der Waals surface area contributed by atoms with Gasteiger partial charge in [0.25, 0.3) is 0 Å². The third kappa shape index (κ3) is 3.48. The van der Waals surface area contributed by atoms with Gasteiger partial charge in [-0.2, -0.15) is 0 Å². The molecule has 0 spiro atoms. The van der Waals surface area contributed by atoms with E-state index in [0.717, 1.165) is 13.1 Å². The van der Waals surface area contributed by atoms with Gasteiger partial charge >= 0.3 is 0 Å². The van der Waals surface area contributed by atoms with E-state index in [9.17, 15) is 9.50 Å². The molecule has 0 radical (unpaired) electrons. The number of fused-ring (bicyclic) bond motifs is 1. The summed E-state index contributed by atoms with van der Waals surface area (Å²) >= 11 is 0. The molecule has 3 heterocycles. The third-order valence-corrected chi connectivity index (χ3v) is 4.32. The second-order valence-electron chi connectivity index (χ2n) is 6.06. The summed E-state index contributed by atoms with van der Waals surface area (Å²) in [5.74, 6) is -0.447. The Labute approximate surface area is 140 Å². The van der Waals surface area contributed by atoms with Crippen LogP contribution in [0.5, 0.6) is 5.88 Å². The van der Waals surface area contributed by atoms with Gasteiger partial charge in [-0.3, -0.25) is 9.88 Å². The number of aromatic nitrogens is 2. The Kier molecular flexibility index (Phi) is 5.23. The first-order chi connectivity index (χ1) is 11.6. The number of pyridine rings is 2. The van der Waals surface area contributed by atoms with Crippen LogP contribution in [0.4, 0.5) is 4.39 Å². The summed E-state index contributed by atoms with van der Waals surface area (Å²) in [4.78, 5) is 10.6. The second kappa shape index (κ2) is 7.38. The maximum Gasteiger partial charge on any atom is 0.213 e. The maximum atomic E-state index is 14.5. The highest BCUT2D eigenvalue weighted by Crippen LogP contribution is 2.28. The normalized spacial score (nSPS) is 20.2. The quantitative estimate of drug-likeness (QED) is 0.895. The van der Waals surface area contributed by atoms with Crippen LogP contribution in [0.15, 0.2) is 18.3 Å². The lowest BCUT2D eigenvalue weighted by molar-refractivity contribution is -0.0218. The van der Waals surface area contributed by atoms with E-state index in [-0.39, 0.29) is 18.6 Å². The molecule has 0 bridgehead atoms. The molecule has 0 saturated carbocycles. The maximum absolute atomic E-state index is 14.5. The molecule has 2 atom stereocenters. The van der Waals surface area contributed by atoms with Gasteiger partial charge in [-0.05, 0) is 13.0 Å². The molecular weight excluding hydrogens is 313 g/mol. The van der Waals surface area contributed by atoms with Gasteiger partial charge in [-0.15, -0.1) is 0 Å². The summed E-state index contributed by atoms with van der Waals surface area (Å²) < 4.78 is 25.2. The van der Waals surface area contributed by atoms with Gasteiger partial charge in [0.2, 0.25) is 5.88 Å². The molecule has 1 fully saturated rings. The Morgan fingerprint density at radius 1 is 1.50 bits per heavy atom. The summed E-state index contributed by atoms with van der Waals surface area (Å²) in [6.07, 6.45) is 1.33. The van der Waals surface area contributed by atoms with Crippen LogP contribution in [0.1, 0.15) is 18.4 Å². The van der Waals surface area contributed by atoms with Crippen molar-refractivity contribution >= 4 is 11.0 Å². The molecular formula is C17H22FN3O3. The fourth-order valence-electron chi connectivity index (χ4n) is 3.16. The van der Waals surface area contributed by atoms with Crippen LogP contribution in [0.3, 0.4) is 0 Å². The van der Waals surface area contributed by atoms with E-state index in [0.29, 0.717) is 35.6 Å². The van der Waals surface area contributed by atoms with E-state index in [1.807, 2.05) is 6.92 Å². The van der Waals surface area contributed by atoms with Crippen LogP contribution in [-0.4, -0.2) is 66.0 Å². The van der Waals surface area contributed by atoms with Crippen molar-refractivity contribution in [3.8, 4) is 5.88 Å². The highest BCUT2D eigenvalue weighted by molar-refractivity contribution is 5.79. The standard InChI is InChI=1S/C17H22FN3O3/c1-11-8-21(5-6-24-11)9-12(10-22)16-13(18)7-19-14-3-4-15(23-2)20-17(14)16/h3-4,7,11-12,22H,5-6,8-10H2,1-2H3. The van der Waals surface area contributed by atoms with Crippen LogP contribution in [0.25, 0.3) is 11.0 Å². The van der Waals surface area contributed by atoms with Gasteiger partial charge in [-0.25, -0.2) is 9.37 Å². The number of hydrogen-bond donors (Lipinski definition) is 1. The van der Waals surface area contributed by atoms with Crippen LogP contribution >= 0.6 is 0 Å². The molecule has 6 nitrogen and oxygen atoms in total. The molecule has 1 N–H and O–H groups in total.